The standard InChI is InChI=1S/C11H8BrCl/c12-10-6-2-4-8-3-1-5-9(7-13)11(8)10/h1-6H,7H2. The van der Waals surface area contributed by atoms with E-state index in [1.54, 1.807) is 0 Å². The fourth-order valence-electron chi connectivity index (χ4n) is 1.48. The highest BCUT2D eigenvalue weighted by Gasteiger charge is 2.02. The van der Waals surface area contributed by atoms with Gasteiger partial charge in [0.1, 0.15) is 0 Å². The van der Waals surface area contributed by atoms with E-state index in [1.807, 2.05) is 18.2 Å². The van der Waals surface area contributed by atoms with Crippen molar-refractivity contribution < 1.29 is 0 Å². The molecular formula is C11H8BrCl. The first-order valence-corrected chi connectivity index (χ1v) is 5.38. The summed E-state index contributed by atoms with van der Waals surface area (Å²) in [7, 11) is 0. The first kappa shape index (κ1) is 9.04. The normalized spacial score (nSPS) is 10.6. The van der Waals surface area contributed by atoms with Gasteiger partial charge in [0, 0.05) is 15.7 Å². The molecule has 0 aliphatic heterocycles. The van der Waals surface area contributed by atoms with Gasteiger partial charge in [-0.1, -0.05) is 46.3 Å². The van der Waals surface area contributed by atoms with Crippen molar-refractivity contribution in [2.24, 2.45) is 0 Å². The van der Waals surface area contributed by atoms with Gasteiger partial charge in [-0.25, -0.2) is 0 Å². The maximum absolute atomic E-state index is 5.86. The van der Waals surface area contributed by atoms with E-state index in [-0.39, 0.29) is 0 Å². The van der Waals surface area contributed by atoms with Gasteiger partial charge in [0.25, 0.3) is 0 Å². The van der Waals surface area contributed by atoms with Crippen LogP contribution in [0, 0.1) is 0 Å². The fourth-order valence-corrected chi connectivity index (χ4v) is 2.34. The molecular weight excluding hydrogens is 247 g/mol. The van der Waals surface area contributed by atoms with Crippen molar-refractivity contribution in [1.82, 2.24) is 0 Å². The molecule has 0 saturated carbocycles. The van der Waals surface area contributed by atoms with Crippen molar-refractivity contribution in [2.45, 2.75) is 5.88 Å². The zero-order valence-corrected chi connectivity index (χ0v) is 9.27. The van der Waals surface area contributed by atoms with E-state index in [1.165, 1.54) is 16.3 Å². The van der Waals surface area contributed by atoms with Crippen molar-refractivity contribution in [1.29, 1.82) is 0 Å². The molecule has 0 aliphatic rings. The average molecular weight is 256 g/mol. The van der Waals surface area contributed by atoms with Crippen LogP contribution in [0.5, 0.6) is 0 Å². The van der Waals surface area contributed by atoms with Gasteiger partial charge in [-0.3, -0.25) is 0 Å². The molecule has 0 bridgehead atoms. The fraction of sp³-hybridized carbons (Fsp3) is 0.0909. The lowest BCUT2D eigenvalue weighted by Gasteiger charge is -2.04. The third kappa shape index (κ3) is 1.59. The predicted octanol–water partition coefficient (Wildman–Crippen LogP) is 4.34. The maximum atomic E-state index is 5.86. The molecule has 0 aromatic heterocycles. The van der Waals surface area contributed by atoms with Gasteiger partial charge in [0.15, 0.2) is 0 Å². The zero-order valence-electron chi connectivity index (χ0n) is 6.93. The second-order valence-electron chi connectivity index (χ2n) is 2.89. The maximum Gasteiger partial charge on any atom is 0.0480 e. The third-order valence-corrected chi connectivity index (χ3v) is 3.03. The molecule has 2 aromatic rings. The van der Waals surface area contributed by atoms with Crippen LogP contribution in [-0.2, 0) is 5.88 Å². The molecule has 2 aromatic carbocycles. The Balaban J connectivity index is 2.87. The summed E-state index contributed by atoms with van der Waals surface area (Å²) in [6.45, 7) is 0. The largest absolute Gasteiger partial charge is 0.122 e. The van der Waals surface area contributed by atoms with Gasteiger partial charge < -0.3 is 0 Å². The minimum Gasteiger partial charge on any atom is -0.122 e. The van der Waals surface area contributed by atoms with Crippen LogP contribution in [0.1, 0.15) is 5.56 Å². The summed E-state index contributed by atoms with van der Waals surface area (Å²) in [4.78, 5) is 0. The summed E-state index contributed by atoms with van der Waals surface area (Å²) in [6, 6.07) is 12.3. The van der Waals surface area contributed by atoms with Crippen LogP contribution < -0.4 is 0 Å². The second-order valence-corrected chi connectivity index (χ2v) is 4.01. The highest BCUT2D eigenvalue weighted by molar-refractivity contribution is 9.10. The summed E-state index contributed by atoms with van der Waals surface area (Å²) >= 11 is 9.39. The second kappa shape index (κ2) is 3.69. The molecule has 0 N–H and O–H groups in total. The van der Waals surface area contributed by atoms with Gasteiger partial charge in [-0.15, -0.1) is 11.6 Å². The van der Waals surface area contributed by atoms with Gasteiger partial charge in [0.2, 0.25) is 0 Å². The Kier molecular flexibility index (Phi) is 2.56. The van der Waals surface area contributed by atoms with Gasteiger partial charge in [-0.05, 0) is 17.0 Å². The number of benzene rings is 2. The molecule has 0 heterocycles. The number of hydrogen-bond donors (Lipinski definition) is 0. The third-order valence-electron chi connectivity index (χ3n) is 2.08. The van der Waals surface area contributed by atoms with E-state index in [9.17, 15) is 0 Å². The Morgan fingerprint density at radius 3 is 2.46 bits per heavy atom. The topological polar surface area (TPSA) is 0 Å². The van der Waals surface area contributed by atoms with Crippen LogP contribution in [0.3, 0.4) is 0 Å². The quantitative estimate of drug-likeness (QED) is 0.665. The van der Waals surface area contributed by atoms with Gasteiger partial charge in [-0.2, -0.15) is 0 Å². The Bertz CT molecular complexity index is 432. The molecule has 0 fully saturated rings. The molecule has 0 unspecified atom stereocenters. The van der Waals surface area contributed by atoms with Gasteiger partial charge in [0.05, 0.1) is 0 Å². The minimum atomic E-state index is 0.556. The Morgan fingerprint density at radius 1 is 1.08 bits per heavy atom. The summed E-state index contributed by atoms with van der Waals surface area (Å²) < 4.78 is 1.11. The highest BCUT2D eigenvalue weighted by Crippen LogP contribution is 2.27. The molecule has 13 heavy (non-hydrogen) atoms. The lowest BCUT2D eigenvalue weighted by Crippen LogP contribution is -1.82. The molecule has 0 saturated heterocycles. The molecule has 2 rings (SSSR count). The van der Waals surface area contributed by atoms with E-state index in [0.29, 0.717) is 5.88 Å². The van der Waals surface area contributed by atoms with Crippen LogP contribution in [0.25, 0.3) is 10.8 Å². The zero-order chi connectivity index (χ0) is 9.26. The lowest BCUT2D eigenvalue weighted by molar-refractivity contribution is 1.44. The van der Waals surface area contributed by atoms with Crippen LogP contribution in [0.2, 0.25) is 0 Å². The minimum absolute atomic E-state index is 0.556. The monoisotopic (exact) mass is 254 g/mol. The molecule has 0 spiro atoms. The van der Waals surface area contributed by atoms with Crippen LogP contribution in [0.4, 0.5) is 0 Å². The predicted molar refractivity (Wildman–Crippen MR) is 61.2 cm³/mol. The molecule has 0 radical (unpaired) electrons. The Hall–Kier alpha value is -0.530. The van der Waals surface area contributed by atoms with E-state index >= 15 is 0 Å². The van der Waals surface area contributed by atoms with Crippen LogP contribution in [-0.4, -0.2) is 0 Å². The summed E-state index contributed by atoms with van der Waals surface area (Å²) in [5, 5.41) is 2.45. The van der Waals surface area contributed by atoms with E-state index < -0.39 is 0 Å². The van der Waals surface area contributed by atoms with Gasteiger partial charge >= 0.3 is 0 Å². The SMILES string of the molecule is ClCc1cccc2cccc(Br)c12. The number of hydrogen-bond acceptors (Lipinski definition) is 0. The molecule has 0 nitrogen and oxygen atoms in total. The van der Waals surface area contributed by atoms with Crippen molar-refractivity contribution in [3.05, 3.63) is 46.4 Å². The first-order chi connectivity index (χ1) is 6.33. The highest BCUT2D eigenvalue weighted by atomic mass is 79.9. The number of fused-ring (bicyclic) bond motifs is 1. The molecule has 0 atom stereocenters. The number of alkyl halides is 1. The van der Waals surface area contributed by atoms with E-state index in [4.69, 9.17) is 11.6 Å². The average Bonchev–Trinajstić information content (AvgIpc) is 2.17. The van der Waals surface area contributed by atoms with Crippen molar-refractivity contribution in [3.63, 3.8) is 0 Å². The van der Waals surface area contributed by atoms with Crippen molar-refractivity contribution in [3.8, 4) is 0 Å². The van der Waals surface area contributed by atoms with E-state index in [2.05, 4.69) is 34.1 Å². The van der Waals surface area contributed by atoms with Crippen LogP contribution >= 0.6 is 27.5 Å². The van der Waals surface area contributed by atoms with Crippen molar-refractivity contribution in [2.75, 3.05) is 0 Å². The smallest absolute Gasteiger partial charge is 0.0480 e. The molecule has 2 heteroatoms. The molecule has 66 valence electrons. The van der Waals surface area contributed by atoms with E-state index in [0.717, 1.165) is 4.47 Å². The molecule has 0 aliphatic carbocycles. The number of halogens is 2. The molecule has 0 amide bonds. The lowest BCUT2D eigenvalue weighted by atomic mass is 10.1. The summed E-state index contributed by atoms with van der Waals surface area (Å²) in [6.07, 6.45) is 0. The number of rotatable bonds is 1. The Morgan fingerprint density at radius 2 is 1.77 bits per heavy atom. The van der Waals surface area contributed by atoms with Crippen LogP contribution in [0.15, 0.2) is 40.9 Å². The summed E-state index contributed by atoms with van der Waals surface area (Å²) in [5.41, 5.74) is 1.17. The first-order valence-electron chi connectivity index (χ1n) is 4.05. The summed E-state index contributed by atoms with van der Waals surface area (Å²) in [5.74, 6) is 0.556. The van der Waals surface area contributed by atoms with Crippen molar-refractivity contribution >= 4 is 38.3 Å². The Labute approximate surface area is 90.6 Å².